The quantitative estimate of drug-likeness (QED) is 0.776. The average molecular weight is 437 g/mol. The van der Waals surface area contributed by atoms with Gasteiger partial charge in [0.15, 0.2) is 6.04 Å². The Kier molecular flexibility index (Phi) is 5.57. The Morgan fingerprint density at radius 2 is 2.10 bits per heavy atom. The third-order valence-corrected chi connectivity index (χ3v) is 6.09. The molecule has 31 heavy (non-hydrogen) atoms. The standard InChI is InChI=1S/C21H26F3N5O2/c1-12(2)14-10-17(21(22,23)24)29-18(26-14)11-15(27-29)16-5-4-8-28(16)20(30)13-6-7-25-19(9-13)31-3/h6-7,9,11-12,14,16-17,26H,4-5,8,10H2,1-3H3/t14-,16-,17+/m0/s1. The summed E-state index contributed by atoms with van der Waals surface area (Å²) in [5.41, 5.74) is 0.905. The summed E-state index contributed by atoms with van der Waals surface area (Å²) < 4.78 is 47.5. The lowest BCUT2D eigenvalue weighted by atomic mass is 9.94. The van der Waals surface area contributed by atoms with Gasteiger partial charge in [-0.15, -0.1) is 0 Å². The van der Waals surface area contributed by atoms with Crippen molar-refractivity contribution >= 4 is 11.7 Å². The number of rotatable bonds is 4. The molecule has 168 valence electrons. The second kappa shape index (κ2) is 8.05. The predicted molar refractivity (Wildman–Crippen MR) is 108 cm³/mol. The summed E-state index contributed by atoms with van der Waals surface area (Å²) in [6.45, 7) is 4.32. The number of nitrogens with zero attached hydrogens (tertiary/aromatic N) is 4. The molecule has 0 aromatic carbocycles. The predicted octanol–water partition coefficient (Wildman–Crippen LogP) is 4.21. The molecular weight excluding hydrogens is 411 g/mol. The molecule has 1 N–H and O–H groups in total. The number of nitrogens with one attached hydrogen (secondary N) is 1. The van der Waals surface area contributed by atoms with Crippen LogP contribution in [0.4, 0.5) is 19.0 Å². The maximum absolute atomic E-state index is 13.8. The van der Waals surface area contributed by atoms with E-state index in [1.807, 2.05) is 13.8 Å². The minimum Gasteiger partial charge on any atom is -0.481 e. The highest BCUT2D eigenvalue weighted by molar-refractivity contribution is 5.94. The van der Waals surface area contributed by atoms with Crippen molar-refractivity contribution in [3.8, 4) is 5.88 Å². The number of aromatic nitrogens is 3. The molecule has 7 nitrogen and oxygen atoms in total. The molecule has 0 radical (unpaired) electrons. The average Bonchev–Trinajstić information content (AvgIpc) is 3.38. The van der Waals surface area contributed by atoms with Gasteiger partial charge in [-0.25, -0.2) is 9.67 Å². The fourth-order valence-corrected chi connectivity index (χ4v) is 4.36. The van der Waals surface area contributed by atoms with Crippen molar-refractivity contribution in [3.63, 3.8) is 0 Å². The summed E-state index contributed by atoms with van der Waals surface area (Å²) in [7, 11) is 1.47. The van der Waals surface area contributed by atoms with Gasteiger partial charge in [0.25, 0.3) is 5.91 Å². The highest BCUT2D eigenvalue weighted by Crippen LogP contribution is 2.42. The van der Waals surface area contributed by atoms with Gasteiger partial charge in [-0.2, -0.15) is 18.3 Å². The highest BCUT2D eigenvalue weighted by Gasteiger charge is 2.47. The number of carbonyl (C=O) groups excluding carboxylic acids is 1. The lowest BCUT2D eigenvalue weighted by Gasteiger charge is -2.35. The molecule has 2 aromatic rings. The summed E-state index contributed by atoms with van der Waals surface area (Å²) in [6, 6.07) is 2.47. The molecule has 0 bridgehead atoms. The van der Waals surface area contributed by atoms with Crippen molar-refractivity contribution in [2.24, 2.45) is 5.92 Å². The van der Waals surface area contributed by atoms with Crippen molar-refractivity contribution < 1.29 is 22.7 Å². The van der Waals surface area contributed by atoms with Crippen LogP contribution in [0.15, 0.2) is 24.4 Å². The number of likely N-dealkylation sites (tertiary alicyclic amines) is 1. The molecule has 2 aromatic heterocycles. The molecule has 0 aliphatic carbocycles. The van der Waals surface area contributed by atoms with Gasteiger partial charge in [-0.3, -0.25) is 4.79 Å². The number of hydrogen-bond acceptors (Lipinski definition) is 5. The summed E-state index contributed by atoms with van der Waals surface area (Å²) in [6.07, 6.45) is -1.57. The van der Waals surface area contributed by atoms with Crippen molar-refractivity contribution in [1.29, 1.82) is 0 Å². The van der Waals surface area contributed by atoms with Gasteiger partial charge in [0.1, 0.15) is 5.82 Å². The third kappa shape index (κ3) is 4.07. The van der Waals surface area contributed by atoms with E-state index in [9.17, 15) is 18.0 Å². The number of methoxy groups -OCH3 is 1. The number of pyridine rings is 1. The van der Waals surface area contributed by atoms with Crippen LogP contribution in [0, 0.1) is 5.92 Å². The van der Waals surface area contributed by atoms with Crippen molar-refractivity contribution in [1.82, 2.24) is 19.7 Å². The molecule has 2 aliphatic rings. The van der Waals surface area contributed by atoms with E-state index in [1.165, 1.54) is 13.3 Å². The second-order valence-corrected chi connectivity index (χ2v) is 8.43. The molecule has 1 amide bonds. The second-order valence-electron chi connectivity index (χ2n) is 8.43. The topological polar surface area (TPSA) is 72.3 Å². The Balaban J connectivity index is 1.64. The molecule has 10 heteroatoms. The molecular formula is C21H26F3N5O2. The van der Waals surface area contributed by atoms with Gasteiger partial charge >= 0.3 is 6.18 Å². The first-order valence-corrected chi connectivity index (χ1v) is 10.4. The van der Waals surface area contributed by atoms with Crippen LogP contribution in [0.25, 0.3) is 0 Å². The first kappa shape index (κ1) is 21.5. The zero-order valence-electron chi connectivity index (χ0n) is 17.7. The van der Waals surface area contributed by atoms with Crippen LogP contribution in [0.5, 0.6) is 5.88 Å². The first-order chi connectivity index (χ1) is 14.7. The van der Waals surface area contributed by atoms with Crippen LogP contribution < -0.4 is 10.1 Å². The van der Waals surface area contributed by atoms with Crippen LogP contribution in [0.1, 0.15) is 61.2 Å². The van der Waals surface area contributed by atoms with E-state index in [1.54, 1.807) is 23.1 Å². The molecule has 1 saturated heterocycles. The minimum atomic E-state index is -4.40. The van der Waals surface area contributed by atoms with E-state index in [-0.39, 0.29) is 30.3 Å². The molecule has 0 spiro atoms. The van der Waals surface area contributed by atoms with Gasteiger partial charge < -0.3 is 15.0 Å². The SMILES string of the molecule is COc1cc(C(=O)N2CCC[C@H]2c2cc3n(n2)[C@@H](C(F)(F)F)C[C@@H](C(C)C)N3)ccn1. The van der Waals surface area contributed by atoms with Crippen LogP contribution >= 0.6 is 0 Å². The number of alkyl halides is 3. The minimum absolute atomic E-state index is 0.0446. The van der Waals surface area contributed by atoms with Crippen molar-refractivity contribution in [3.05, 3.63) is 35.7 Å². The van der Waals surface area contributed by atoms with E-state index < -0.39 is 12.2 Å². The Labute approximate surface area is 178 Å². The Hall–Kier alpha value is -2.78. The zero-order valence-corrected chi connectivity index (χ0v) is 17.7. The van der Waals surface area contributed by atoms with Gasteiger partial charge in [-0.05, 0) is 31.2 Å². The summed E-state index contributed by atoms with van der Waals surface area (Å²) in [4.78, 5) is 18.8. The number of anilines is 1. The molecule has 0 unspecified atom stereocenters. The summed E-state index contributed by atoms with van der Waals surface area (Å²) in [5.74, 6) is 0.515. The van der Waals surface area contributed by atoms with Crippen LogP contribution in [-0.2, 0) is 0 Å². The lowest BCUT2D eigenvalue weighted by molar-refractivity contribution is -0.174. The van der Waals surface area contributed by atoms with Crippen LogP contribution in [-0.4, -0.2) is 51.4 Å². The number of ether oxygens (including phenoxy) is 1. The van der Waals surface area contributed by atoms with Crippen LogP contribution in [0.2, 0.25) is 0 Å². The summed E-state index contributed by atoms with van der Waals surface area (Å²) in [5, 5.41) is 7.54. The van der Waals surface area contributed by atoms with Gasteiger partial charge in [0, 0.05) is 36.5 Å². The van der Waals surface area contributed by atoms with Crippen LogP contribution in [0.3, 0.4) is 0 Å². The van der Waals surface area contributed by atoms with E-state index in [0.29, 0.717) is 35.9 Å². The zero-order chi connectivity index (χ0) is 22.3. The van der Waals surface area contributed by atoms with E-state index in [4.69, 9.17) is 4.74 Å². The molecule has 4 heterocycles. The van der Waals surface area contributed by atoms with Gasteiger partial charge in [-0.1, -0.05) is 13.8 Å². The maximum Gasteiger partial charge on any atom is 0.410 e. The summed E-state index contributed by atoms with van der Waals surface area (Å²) >= 11 is 0. The normalized spacial score (nSPS) is 23.6. The maximum atomic E-state index is 13.8. The van der Waals surface area contributed by atoms with E-state index in [0.717, 1.165) is 11.1 Å². The number of fused-ring (bicyclic) bond motifs is 1. The van der Waals surface area contributed by atoms with E-state index >= 15 is 0 Å². The fraction of sp³-hybridized carbons (Fsp3) is 0.571. The number of amides is 1. The largest absolute Gasteiger partial charge is 0.481 e. The molecule has 1 fully saturated rings. The lowest BCUT2D eigenvalue weighted by Crippen LogP contribution is -2.41. The van der Waals surface area contributed by atoms with E-state index in [2.05, 4.69) is 15.4 Å². The third-order valence-electron chi connectivity index (χ3n) is 6.09. The smallest absolute Gasteiger partial charge is 0.410 e. The molecule has 2 aliphatic heterocycles. The Bertz CT molecular complexity index is 959. The molecule has 4 rings (SSSR count). The molecule has 0 saturated carbocycles. The Morgan fingerprint density at radius 3 is 2.77 bits per heavy atom. The van der Waals surface area contributed by atoms with Crippen molar-refractivity contribution in [2.75, 3.05) is 19.0 Å². The van der Waals surface area contributed by atoms with Gasteiger partial charge in [0.2, 0.25) is 5.88 Å². The van der Waals surface area contributed by atoms with Gasteiger partial charge in [0.05, 0.1) is 18.8 Å². The monoisotopic (exact) mass is 437 g/mol. The Morgan fingerprint density at radius 1 is 1.32 bits per heavy atom. The molecule has 3 atom stereocenters. The number of hydrogen-bond donors (Lipinski definition) is 1. The number of halogens is 3. The number of carbonyl (C=O) groups is 1. The highest BCUT2D eigenvalue weighted by atomic mass is 19.4. The first-order valence-electron chi connectivity index (χ1n) is 10.4. The van der Waals surface area contributed by atoms with Crippen molar-refractivity contribution in [2.45, 2.75) is 57.4 Å². The fourth-order valence-electron chi connectivity index (χ4n) is 4.36.